The van der Waals surface area contributed by atoms with Crippen molar-refractivity contribution in [1.82, 2.24) is 10.2 Å². The lowest BCUT2D eigenvalue weighted by atomic mass is 10.1. The van der Waals surface area contributed by atoms with Crippen LogP contribution in [0.1, 0.15) is 18.4 Å². The van der Waals surface area contributed by atoms with Crippen molar-refractivity contribution < 1.29 is 9.50 Å². The number of hydrogen-bond acceptors (Lipinski definition) is 2. The molecule has 0 bridgehead atoms. The largest absolute Gasteiger partial charge is 0.393 e. The molecule has 0 spiro atoms. The van der Waals surface area contributed by atoms with Crippen LogP contribution in [0.2, 0.25) is 0 Å². The minimum Gasteiger partial charge on any atom is -0.393 e. The van der Waals surface area contributed by atoms with Crippen LogP contribution in [0.3, 0.4) is 0 Å². The summed E-state index contributed by atoms with van der Waals surface area (Å²) >= 11 is 0. The molecule has 1 aromatic rings. The van der Waals surface area contributed by atoms with E-state index in [9.17, 15) is 9.50 Å². The van der Waals surface area contributed by atoms with E-state index in [0.717, 1.165) is 37.5 Å². The highest BCUT2D eigenvalue weighted by Gasteiger charge is 2.19. The van der Waals surface area contributed by atoms with Gasteiger partial charge >= 0.3 is 0 Å². The summed E-state index contributed by atoms with van der Waals surface area (Å²) in [6, 6.07) is 6.43. The number of aliphatic hydroxyl groups is 1. The van der Waals surface area contributed by atoms with Crippen LogP contribution in [0.4, 0.5) is 4.39 Å². The third-order valence-electron chi connectivity index (χ3n) is 3.34. The van der Waals surface area contributed by atoms with Gasteiger partial charge in [0.05, 0.1) is 6.10 Å². The van der Waals surface area contributed by atoms with Crippen LogP contribution in [-0.4, -0.2) is 42.2 Å². The molecule has 6 heteroatoms. The van der Waals surface area contributed by atoms with Crippen LogP contribution < -0.4 is 5.32 Å². The minimum absolute atomic E-state index is 0. The summed E-state index contributed by atoms with van der Waals surface area (Å²) in [4.78, 5) is 6.38. The van der Waals surface area contributed by atoms with Gasteiger partial charge in [0.25, 0.3) is 0 Å². The van der Waals surface area contributed by atoms with Crippen molar-refractivity contribution in [2.24, 2.45) is 4.99 Å². The van der Waals surface area contributed by atoms with Gasteiger partial charge in [-0.05, 0) is 30.5 Å². The van der Waals surface area contributed by atoms with Crippen LogP contribution in [0.15, 0.2) is 29.3 Å². The number of likely N-dealkylation sites (tertiary alicyclic amines) is 1. The molecular weight excluding hydrogens is 372 g/mol. The molecule has 2 N–H and O–H groups in total. The Hall–Kier alpha value is -0.890. The average Bonchev–Trinajstić information content (AvgIpc) is 2.43. The molecule has 1 saturated heterocycles. The molecule has 0 unspecified atom stereocenters. The zero-order chi connectivity index (χ0) is 13.7. The van der Waals surface area contributed by atoms with Crippen LogP contribution in [0.25, 0.3) is 0 Å². The number of benzene rings is 1. The standard InChI is InChI=1S/C14H20FN3O.HI/c1-16-14(18-8-6-13(19)7-9-18)17-10-11-2-4-12(15)5-3-11;/h2-5,13,19H,6-10H2,1H3,(H,16,17);1H. The first-order chi connectivity index (χ1) is 9.19. The van der Waals surface area contributed by atoms with E-state index >= 15 is 0 Å². The molecule has 0 aromatic heterocycles. The molecule has 1 aliphatic heterocycles. The van der Waals surface area contributed by atoms with Crippen molar-refractivity contribution >= 4 is 29.9 Å². The van der Waals surface area contributed by atoms with Gasteiger partial charge in [-0.3, -0.25) is 4.99 Å². The third-order valence-corrected chi connectivity index (χ3v) is 3.34. The van der Waals surface area contributed by atoms with E-state index in [0.29, 0.717) is 6.54 Å². The first-order valence-electron chi connectivity index (χ1n) is 6.57. The van der Waals surface area contributed by atoms with Gasteiger partial charge in [-0.1, -0.05) is 12.1 Å². The van der Waals surface area contributed by atoms with Crippen molar-refractivity contribution in [1.29, 1.82) is 0 Å². The van der Waals surface area contributed by atoms with Gasteiger partial charge in [0, 0.05) is 26.7 Å². The summed E-state index contributed by atoms with van der Waals surface area (Å²) in [5.41, 5.74) is 1.01. The predicted octanol–water partition coefficient (Wildman–Crippen LogP) is 1.98. The lowest BCUT2D eigenvalue weighted by molar-refractivity contribution is 0.108. The lowest BCUT2D eigenvalue weighted by Crippen LogP contribution is -2.46. The van der Waals surface area contributed by atoms with E-state index in [1.807, 2.05) is 0 Å². The van der Waals surface area contributed by atoms with Crippen molar-refractivity contribution in [3.05, 3.63) is 35.6 Å². The molecule has 20 heavy (non-hydrogen) atoms. The van der Waals surface area contributed by atoms with Gasteiger partial charge < -0.3 is 15.3 Å². The van der Waals surface area contributed by atoms with Crippen molar-refractivity contribution in [3.8, 4) is 0 Å². The van der Waals surface area contributed by atoms with Gasteiger partial charge in [0.1, 0.15) is 5.82 Å². The summed E-state index contributed by atoms with van der Waals surface area (Å²) < 4.78 is 12.8. The fraction of sp³-hybridized carbons (Fsp3) is 0.500. The Bertz CT molecular complexity index is 431. The molecule has 112 valence electrons. The number of nitrogens with zero attached hydrogens (tertiary/aromatic N) is 2. The Morgan fingerprint density at radius 1 is 1.35 bits per heavy atom. The van der Waals surface area contributed by atoms with Gasteiger partial charge in [-0.25, -0.2) is 4.39 Å². The van der Waals surface area contributed by atoms with E-state index in [1.165, 1.54) is 12.1 Å². The number of nitrogens with one attached hydrogen (secondary N) is 1. The van der Waals surface area contributed by atoms with Crippen molar-refractivity contribution in [2.45, 2.75) is 25.5 Å². The van der Waals surface area contributed by atoms with Gasteiger partial charge in [0.15, 0.2) is 5.96 Å². The Kier molecular flexibility index (Phi) is 7.22. The monoisotopic (exact) mass is 393 g/mol. The zero-order valence-electron chi connectivity index (χ0n) is 11.6. The predicted molar refractivity (Wildman–Crippen MR) is 88.8 cm³/mol. The number of aliphatic hydroxyl groups excluding tert-OH is 1. The summed E-state index contributed by atoms with van der Waals surface area (Å²) in [6.45, 7) is 2.24. The molecular formula is C14H21FIN3O. The Morgan fingerprint density at radius 2 is 1.95 bits per heavy atom. The maximum absolute atomic E-state index is 12.8. The van der Waals surface area contributed by atoms with Crippen LogP contribution in [0.5, 0.6) is 0 Å². The molecule has 4 nitrogen and oxygen atoms in total. The molecule has 0 radical (unpaired) electrons. The topological polar surface area (TPSA) is 47.9 Å². The number of guanidine groups is 1. The molecule has 0 aliphatic carbocycles. The number of piperidine rings is 1. The first kappa shape index (κ1) is 17.2. The van der Waals surface area contributed by atoms with E-state index in [4.69, 9.17) is 0 Å². The number of aliphatic imine (C=N–C) groups is 1. The smallest absolute Gasteiger partial charge is 0.193 e. The second kappa shape index (κ2) is 8.41. The Morgan fingerprint density at radius 3 is 2.50 bits per heavy atom. The zero-order valence-corrected chi connectivity index (χ0v) is 13.9. The summed E-state index contributed by atoms with van der Waals surface area (Å²) in [5, 5.41) is 12.8. The first-order valence-corrected chi connectivity index (χ1v) is 6.57. The number of hydrogen-bond donors (Lipinski definition) is 2. The number of rotatable bonds is 2. The highest BCUT2D eigenvalue weighted by Crippen LogP contribution is 2.10. The molecule has 0 amide bonds. The number of halogens is 2. The Labute approximate surface area is 136 Å². The summed E-state index contributed by atoms with van der Waals surface area (Å²) in [6.07, 6.45) is 1.36. The summed E-state index contributed by atoms with van der Waals surface area (Å²) in [7, 11) is 1.75. The maximum atomic E-state index is 12.8. The van der Waals surface area contributed by atoms with Crippen LogP contribution in [0, 0.1) is 5.82 Å². The van der Waals surface area contributed by atoms with Gasteiger partial charge in [-0.15, -0.1) is 24.0 Å². The fourth-order valence-electron chi connectivity index (χ4n) is 2.19. The van der Waals surface area contributed by atoms with E-state index in [-0.39, 0.29) is 35.9 Å². The quantitative estimate of drug-likeness (QED) is 0.459. The molecule has 1 fully saturated rings. The van der Waals surface area contributed by atoms with Crippen LogP contribution >= 0.6 is 24.0 Å². The normalized spacial score (nSPS) is 16.8. The SMILES string of the molecule is CN=C(NCc1ccc(F)cc1)N1CCC(O)CC1.I. The minimum atomic E-state index is -0.224. The second-order valence-electron chi connectivity index (χ2n) is 4.75. The lowest BCUT2D eigenvalue weighted by Gasteiger charge is -2.32. The average molecular weight is 393 g/mol. The van der Waals surface area contributed by atoms with E-state index in [2.05, 4.69) is 15.2 Å². The second-order valence-corrected chi connectivity index (χ2v) is 4.75. The molecule has 1 aliphatic rings. The van der Waals surface area contributed by atoms with E-state index < -0.39 is 0 Å². The van der Waals surface area contributed by atoms with E-state index in [1.54, 1.807) is 19.2 Å². The van der Waals surface area contributed by atoms with Crippen LogP contribution in [-0.2, 0) is 6.54 Å². The molecule has 0 saturated carbocycles. The third kappa shape index (κ3) is 4.90. The van der Waals surface area contributed by atoms with Crippen molar-refractivity contribution in [2.75, 3.05) is 20.1 Å². The Balaban J connectivity index is 0.00000200. The van der Waals surface area contributed by atoms with Gasteiger partial charge in [-0.2, -0.15) is 0 Å². The molecule has 0 atom stereocenters. The maximum Gasteiger partial charge on any atom is 0.193 e. The molecule has 1 heterocycles. The van der Waals surface area contributed by atoms with Gasteiger partial charge in [0.2, 0.25) is 0 Å². The summed E-state index contributed by atoms with van der Waals surface area (Å²) in [5.74, 6) is 0.606. The highest BCUT2D eigenvalue weighted by atomic mass is 127. The fourth-order valence-corrected chi connectivity index (χ4v) is 2.19. The molecule has 1 aromatic carbocycles. The van der Waals surface area contributed by atoms with Crippen molar-refractivity contribution in [3.63, 3.8) is 0 Å². The molecule has 2 rings (SSSR count). The highest BCUT2D eigenvalue weighted by molar-refractivity contribution is 14.0.